The first kappa shape index (κ1) is 16.0. The molecule has 0 atom stereocenters. The Bertz CT molecular complexity index is 678. The number of benzene rings is 1. The third kappa shape index (κ3) is 3.13. The van der Waals surface area contributed by atoms with E-state index in [0.717, 1.165) is 26.0 Å². The van der Waals surface area contributed by atoms with Crippen LogP contribution in [0.3, 0.4) is 0 Å². The molecule has 5 nitrogen and oxygen atoms in total. The summed E-state index contributed by atoms with van der Waals surface area (Å²) in [5.74, 6) is 2.62. The van der Waals surface area contributed by atoms with Crippen LogP contribution in [0.2, 0.25) is 0 Å². The molecule has 0 fully saturated rings. The van der Waals surface area contributed by atoms with Crippen LogP contribution in [-0.4, -0.2) is 31.2 Å². The molecule has 112 valence electrons. The summed E-state index contributed by atoms with van der Waals surface area (Å²) in [6.45, 7) is 1.92. The fourth-order valence-electron chi connectivity index (χ4n) is 1.87. The van der Waals surface area contributed by atoms with Crippen LogP contribution < -0.4 is 14.8 Å². The number of hydrogen-bond acceptors (Lipinski definition) is 5. The van der Waals surface area contributed by atoms with Crippen molar-refractivity contribution in [2.24, 2.45) is 0 Å². The second-order valence-corrected chi connectivity index (χ2v) is 5.88. The summed E-state index contributed by atoms with van der Waals surface area (Å²) in [7, 11) is 5.02. The third-order valence-electron chi connectivity index (χ3n) is 2.97. The maximum atomic E-state index is 5.34. The lowest BCUT2D eigenvalue weighted by molar-refractivity contribution is 0.355. The number of halogens is 2. The van der Waals surface area contributed by atoms with Gasteiger partial charge in [0.1, 0.15) is 5.82 Å². The molecule has 0 saturated carbocycles. The van der Waals surface area contributed by atoms with Gasteiger partial charge in [0.2, 0.25) is 0 Å². The van der Waals surface area contributed by atoms with E-state index in [2.05, 4.69) is 47.1 Å². The molecule has 1 N–H and O–H groups in total. The van der Waals surface area contributed by atoms with Gasteiger partial charge < -0.3 is 14.8 Å². The lowest BCUT2D eigenvalue weighted by Crippen LogP contribution is -2.01. The Balaban J connectivity index is 2.64. The fourth-order valence-corrected chi connectivity index (χ4v) is 2.75. The molecule has 1 heterocycles. The van der Waals surface area contributed by atoms with Gasteiger partial charge in [-0.2, -0.15) is 0 Å². The van der Waals surface area contributed by atoms with Gasteiger partial charge in [0.25, 0.3) is 0 Å². The number of aryl methyl sites for hydroxylation is 1. The fraction of sp³-hybridized carbons (Fsp3) is 0.286. The third-order valence-corrected chi connectivity index (χ3v) is 4.57. The number of nitrogens with zero attached hydrogens (tertiary/aromatic N) is 2. The number of ether oxygens (including phenoxy) is 2. The maximum absolute atomic E-state index is 5.34. The van der Waals surface area contributed by atoms with Crippen molar-refractivity contribution in [2.75, 3.05) is 26.6 Å². The zero-order valence-electron chi connectivity index (χ0n) is 12.1. The van der Waals surface area contributed by atoms with Crippen LogP contribution in [0.15, 0.2) is 21.1 Å². The van der Waals surface area contributed by atoms with E-state index in [0.29, 0.717) is 17.3 Å². The Labute approximate surface area is 140 Å². The van der Waals surface area contributed by atoms with E-state index in [1.807, 2.05) is 26.1 Å². The van der Waals surface area contributed by atoms with Crippen LogP contribution in [0, 0.1) is 6.92 Å². The van der Waals surface area contributed by atoms with Gasteiger partial charge in [-0.1, -0.05) is 0 Å². The summed E-state index contributed by atoms with van der Waals surface area (Å²) >= 11 is 7.00. The molecule has 1 aromatic heterocycles. The van der Waals surface area contributed by atoms with Crippen LogP contribution in [0.4, 0.5) is 5.82 Å². The highest BCUT2D eigenvalue weighted by atomic mass is 79.9. The van der Waals surface area contributed by atoms with Gasteiger partial charge in [0.05, 0.1) is 24.4 Å². The highest BCUT2D eigenvalue weighted by Gasteiger charge is 2.16. The summed E-state index contributed by atoms with van der Waals surface area (Å²) in [6, 6.07) is 3.69. The molecule has 0 amide bonds. The molecule has 21 heavy (non-hydrogen) atoms. The number of nitrogens with one attached hydrogen (secondary N) is 1. The van der Waals surface area contributed by atoms with Gasteiger partial charge in [-0.3, -0.25) is 0 Å². The summed E-state index contributed by atoms with van der Waals surface area (Å²) in [4.78, 5) is 9.04. The van der Waals surface area contributed by atoms with Crippen molar-refractivity contribution in [1.29, 1.82) is 0 Å². The van der Waals surface area contributed by atoms with Crippen molar-refractivity contribution in [3.63, 3.8) is 0 Å². The Hall–Kier alpha value is -1.34. The van der Waals surface area contributed by atoms with Gasteiger partial charge in [0, 0.05) is 17.1 Å². The van der Waals surface area contributed by atoms with Crippen LogP contribution in [-0.2, 0) is 0 Å². The molecule has 7 heteroatoms. The minimum Gasteiger partial charge on any atom is -0.493 e. The molecule has 1 aromatic carbocycles. The van der Waals surface area contributed by atoms with Crippen LogP contribution in [0.5, 0.6) is 11.5 Å². The molecule has 0 unspecified atom stereocenters. The molecule has 0 bridgehead atoms. The highest BCUT2D eigenvalue weighted by Crippen LogP contribution is 2.38. The van der Waals surface area contributed by atoms with E-state index in [1.165, 1.54) is 0 Å². The minimum absolute atomic E-state index is 0.605. The second kappa shape index (κ2) is 6.62. The standard InChI is InChI=1S/C14H15Br2N3O2/c1-7-12(16)14(17-2)19-13(18-7)8-5-10(20-3)11(21-4)6-9(8)15/h5-6H,1-4H3,(H,17,18,19). The smallest absolute Gasteiger partial charge is 0.163 e. The van der Waals surface area contributed by atoms with Crippen molar-refractivity contribution >= 4 is 37.7 Å². The first-order valence-electron chi connectivity index (χ1n) is 6.15. The van der Waals surface area contributed by atoms with Gasteiger partial charge in [-0.05, 0) is 50.9 Å². The monoisotopic (exact) mass is 415 g/mol. The molecule has 0 radical (unpaired) electrons. The highest BCUT2D eigenvalue weighted by molar-refractivity contribution is 9.11. The zero-order valence-corrected chi connectivity index (χ0v) is 15.3. The lowest BCUT2D eigenvalue weighted by Gasteiger charge is -2.13. The molecular weight excluding hydrogens is 402 g/mol. The molecule has 2 rings (SSSR count). The van der Waals surface area contributed by atoms with Crippen molar-refractivity contribution in [2.45, 2.75) is 6.92 Å². The molecule has 0 saturated heterocycles. The molecule has 0 aliphatic heterocycles. The number of methoxy groups -OCH3 is 2. The largest absolute Gasteiger partial charge is 0.493 e. The van der Waals surface area contributed by atoms with E-state index >= 15 is 0 Å². The molecule has 0 spiro atoms. The Morgan fingerprint density at radius 2 is 1.67 bits per heavy atom. The normalized spacial score (nSPS) is 10.4. The average Bonchev–Trinajstić information content (AvgIpc) is 2.49. The van der Waals surface area contributed by atoms with Crippen molar-refractivity contribution < 1.29 is 9.47 Å². The van der Waals surface area contributed by atoms with Gasteiger partial charge >= 0.3 is 0 Å². The number of aromatic nitrogens is 2. The number of rotatable bonds is 4. The number of hydrogen-bond donors (Lipinski definition) is 1. The Kier molecular flexibility index (Phi) is 5.05. The summed E-state index contributed by atoms with van der Waals surface area (Å²) in [6.07, 6.45) is 0. The minimum atomic E-state index is 0.605. The summed E-state index contributed by atoms with van der Waals surface area (Å²) in [5.41, 5.74) is 1.69. The second-order valence-electron chi connectivity index (χ2n) is 4.23. The van der Waals surface area contributed by atoms with Gasteiger partial charge in [-0.25, -0.2) is 9.97 Å². The molecule has 0 aliphatic carbocycles. The first-order chi connectivity index (χ1) is 10.0. The van der Waals surface area contributed by atoms with Crippen LogP contribution >= 0.6 is 31.9 Å². The predicted molar refractivity (Wildman–Crippen MR) is 90.3 cm³/mol. The van der Waals surface area contributed by atoms with Crippen molar-refractivity contribution in [3.05, 3.63) is 26.8 Å². The lowest BCUT2D eigenvalue weighted by atomic mass is 10.2. The quantitative estimate of drug-likeness (QED) is 0.815. The van der Waals surface area contributed by atoms with E-state index in [9.17, 15) is 0 Å². The van der Waals surface area contributed by atoms with Gasteiger partial charge in [-0.15, -0.1) is 0 Å². The maximum Gasteiger partial charge on any atom is 0.163 e. The topological polar surface area (TPSA) is 56.3 Å². The Morgan fingerprint density at radius 3 is 2.24 bits per heavy atom. The van der Waals surface area contributed by atoms with Gasteiger partial charge in [0.15, 0.2) is 17.3 Å². The first-order valence-corrected chi connectivity index (χ1v) is 7.74. The van der Waals surface area contributed by atoms with E-state index in [-0.39, 0.29) is 0 Å². The summed E-state index contributed by atoms with van der Waals surface area (Å²) < 4.78 is 12.3. The average molecular weight is 417 g/mol. The molecule has 2 aromatic rings. The van der Waals surface area contributed by atoms with Crippen LogP contribution in [0.25, 0.3) is 11.4 Å². The number of anilines is 1. The molecular formula is C14H15Br2N3O2. The van der Waals surface area contributed by atoms with E-state index in [4.69, 9.17) is 9.47 Å². The molecule has 0 aliphatic rings. The SMILES string of the molecule is CNc1nc(-c2cc(OC)c(OC)cc2Br)nc(C)c1Br. The van der Waals surface area contributed by atoms with E-state index in [1.54, 1.807) is 14.2 Å². The Morgan fingerprint density at radius 1 is 1.05 bits per heavy atom. The summed E-state index contributed by atoms with van der Waals surface area (Å²) in [5, 5.41) is 3.05. The van der Waals surface area contributed by atoms with Crippen molar-refractivity contribution in [3.8, 4) is 22.9 Å². The van der Waals surface area contributed by atoms with E-state index < -0.39 is 0 Å². The zero-order chi connectivity index (χ0) is 15.6. The van der Waals surface area contributed by atoms with Crippen LogP contribution in [0.1, 0.15) is 5.69 Å². The predicted octanol–water partition coefficient (Wildman–Crippen LogP) is 4.04. The van der Waals surface area contributed by atoms with Crippen molar-refractivity contribution in [1.82, 2.24) is 9.97 Å².